The maximum Gasteiger partial charge on any atom is 0.210 e. The molecule has 1 aliphatic carbocycles. The number of nitrogens with one attached hydrogen (secondary N) is 2. The second kappa shape index (κ2) is 9.35. The van der Waals surface area contributed by atoms with Gasteiger partial charge in [-0.1, -0.05) is 28.1 Å². The first-order chi connectivity index (χ1) is 10.8. The highest BCUT2D eigenvalue weighted by molar-refractivity contribution is 14.0. The van der Waals surface area contributed by atoms with Gasteiger partial charge < -0.3 is 10.6 Å². The summed E-state index contributed by atoms with van der Waals surface area (Å²) in [5, 5.41) is 11.1. The van der Waals surface area contributed by atoms with Gasteiger partial charge in [0.25, 0.3) is 0 Å². The summed E-state index contributed by atoms with van der Waals surface area (Å²) in [7, 11) is -3.46. The second-order valence-corrected chi connectivity index (χ2v) is 8.43. The Hall–Kier alpha value is -0.390. The highest BCUT2D eigenvalue weighted by Gasteiger charge is 2.44. The summed E-state index contributed by atoms with van der Waals surface area (Å²) < 4.78 is 23.0. The Labute approximate surface area is 169 Å². The molecule has 0 radical (unpaired) electrons. The summed E-state index contributed by atoms with van der Waals surface area (Å²) in [5.74, 6) is 0.506. The van der Waals surface area contributed by atoms with E-state index in [-0.39, 0.29) is 41.7 Å². The van der Waals surface area contributed by atoms with E-state index >= 15 is 0 Å². The maximum atomic E-state index is 11.0. The summed E-state index contributed by atoms with van der Waals surface area (Å²) >= 11 is 3.51. The first-order valence-electron chi connectivity index (χ1n) is 7.63. The number of nitrogens with two attached hydrogens (primary N) is 1. The average molecular weight is 531 g/mol. The van der Waals surface area contributed by atoms with E-state index in [1.165, 1.54) is 5.56 Å². The summed E-state index contributed by atoms with van der Waals surface area (Å²) in [6.45, 7) is 3.60. The zero-order valence-corrected chi connectivity index (χ0v) is 18.3. The van der Waals surface area contributed by atoms with Gasteiger partial charge in [0, 0.05) is 23.0 Å². The van der Waals surface area contributed by atoms with Crippen molar-refractivity contribution in [3.63, 3.8) is 0 Å². The molecule has 136 valence electrons. The monoisotopic (exact) mass is 530 g/mol. The van der Waals surface area contributed by atoms with Gasteiger partial charge >= 0.3 is 0 Å². The molecule has 0 saturated heterocycles. The summed E-state index contributed by atoms with van der Waals surface area (Å²) in [4.78, 5) is 4.62. The largest absolute Gasteiger partial charge is 0.357 e. The number of primary sulfonamides is 1. The average Bonchev–Trinajstić information content (AvgIpc) is 3.25. The van der Waals surface area contributed by atoms with Crippen LogP contribution in [-0.2, 0) is 15.4 Å². The highest BCUT2D eigenvalue weighted by Crippen LogP contribution is 2.48. The lowest BCUT2D eigenvalue weighted by molar-refractivity contribution is 0.596. The van der Waals surface area contributed by atoms with Crippen molar-refractivity contribution < 1.29 is 8.42 Å². The molecule has 24 heavy (non-hydrogen) atoms. The summed E-state index contributed by atoms with van der Waals surface area (Å²) in [6, 6.07) is 8.33. The lowest BCUT2D eigenvalue weighted by Crippen LogP contribution is -2.40. The summed E-state index contributed by atoms with van der Waals surface area (Å²) in [6.07, 6.45) is 2.23. The zero-order chi connectivity index (χ0) is 16.9. The predicted molar refractivity (Wildman–Crippen MR) is 112 cm³/mol. The minimum Gasteiger partial charge on any atom is -0.357 e. The zero-order valence-electron chi connectivity index (χ0n) is 13.6. The minimum absolute atomic E-state index is 0. The molecule has 1 aromatic carbocycles. The van der Waals surface area contributed by atoms with Crippen LogP contribution in [0.25, 0.3) is 0 Å². The molecule has 0 aromatic heterocycles. The molecule has 0 spiro atoms. The van der Waals surface area contributed by atoms with Crippen LogP contribution < -0.4 is 15.8 Å². The third-order valence-electron chi connectivity index (χ3n) is 3.85. The van der Waals surface area contributed by atoms with Crippen molar-refractivity contribution in [1.82, 2.24) is 10.6 Å². The van der Waals surface area contributed by atoms with Crippen molar-refractivity contribution in [3.05, 3.63) is 34.3 Å². The fourth-order valence-electron chi connectivity index (χ4n) is 2.39. The number of sulfonamides is 1. The van der Waals surface area contributed by atoms with Gasteiger partial charge in [-0.3, -0.25) is 4.99 Å². The first-order valence-corrected chi connectivity index (χ1v) is 10.1. The minimum atomic E-state index is -3.46. The smallest absolute Gasteiger partial charge is 0.210 e. The standard InChI is InChI=1S/C15H23BrN4O2S.HI/c1-2-18-14(19-8-9-23(17,21)22)20-11-15(6-7-15)12-4-3-5-13(16)10-12;/h3-5,10H,2,6-9,11H2,1H3,(H2,17,21,22)(H2,18,19,20);1H. The Bertz CT molecular complexity index is 678. The van der Waals surface area contributed by atoms with Crippen LogP contribution in [0.1, 0.15) is 25.3 Å². The number of hydrogen-bond acceptors (Lipinski definition) is 3. The molecule has 9 heteroatoms. The van der Waals surface area contributed by atoms with Crippen molar-refractivity contribution in [1.29, 1.82) is 0 Å². The Morgan fingerprint density at radius 2 is 2.08 bits per heavy atom. The van der Waals surface area contributed by atoms with Crippen molar-refractivity contribution in [3.8, 4) is 0 Å². The van der Waals surface area contributed by atoms with E-state index in [9.17, 15) is 8.42 Å². The predicted octanol–water partition coefficient (Wildman–Crippen LogP) is 1.94. The number of rotatable bonds is 7. The molecule has 0 unspecified atom stereocenters. The molecule has 0 atom stereocenters. The van der Waals surface area contributed by atoms with E-state index in [4.69, 9.17) is 5.14 Å². The summed E-state index contributed by atoms with van der Waals surface area (Å²) in [5.41, 5.74) is 1.39. The molecule has 1 aliphatic rings. The molecule has 2 rings (SSSR count). The molecule has 6 nitrogen and oxygen atoms in total. The fourth-order valence-corrected chi connectivity index (χ4v) is 3.18. The Balaban J connectivity index is 0.00000288. The molecule has 1 saturated carbocycles. The number of hydrogen-bond donors (Lipinski definition) is 3. The van der Waals surface area contributed by atoms with E-state index in [2.05, 4.69) is 43.7 Å². The van der Waals surface area contributed by atoms with Crippen LogP contribution >= 0.6 is 39.9 Å². The van der Waals surface area contributed by atoms with Crippen LogP contribution in [0.15, 0.2) is 33.7 Å². The Morgan fingerprint density at radius 3 is 2.62 bits per heavy atom. The van der Waals surface area contributed by atoms with Crippen LogP contribution in [0.4, 0.5) is 0 Å². The third-order valence-corrected chi connectivity index (χ3v) is 5.12. The highest BCUT2D eigenvalue weighted by atomic mass is 127. The van der Waals surface area contributed by atoms with E-state index in [0.29, 0.717) is 19.0 Å². The first kappa shape index (κ1) is 21.7. The number of nitrogens with zero attached hydrogens (tertiary/aromatic N) is 1. The van der Waals surface area contributed by atoms with Crippen LogP contribution in [0.3, 0.4) is 0 Å². The van der Waals surface area contributed by atoms with Gasteiger partial charge in [-0.25, -0.2) is 13.6 Å². The molecule has 0 amide bonds. The Kier molecular flexibility index (Phi) is 8.43. The Morgan fingerprint density at radius 1 is 1.38 bits per heavy atom. The number of halogens is 2. The molecule has 1 fully saturated rings. The van der Waals surface area contributed by atoms with Crippen molar-refractivity contribution in [2.45, 2.75) is 25.2 Å². The van der Waals surface area contributed by atoms with Crippen LogP contribution in [-0.4, -0.2) is 39.8 Å². The molecule has 0 bridgehead atoms. The number of aliphatic imine (C=N–C) groups is 1. The molecule has 0 heterocycles. The van der Waals surface area contributed by atoms with E-state index < -0.39 is 10.0 Å². The van der Waals surface area contributed by atoms with Crippen LogP contribution in [0.2, 0.25) is 0 Å². The van der Waals surface area contributed by atoms with Gasteiger partial charge in [0.15, 0.2) is 5.96 Å². The van der Waals surface area contributed by atoms with Gasteiger partial charge in [-0.05, 0) is 37.5 Å². The van der Waals surface area contributed by atoms with E-state index in [1.54, 1.807) is 0 Å². The van der Waals surface area contributed by atoms with Crippen molar-refractivity contribution >= 4 is 55.9 Å². The maximum absolute atomic E-state index is 11.0. The SMILES string of the molecule is CCNC(=NCC1(c2cccc(Br)c2)CC1)NCCS(N)(=O)=O.I. The van der Waals surface area contributed by atoms with E-state index in [1.807, 2.05) is 19.1 Å². The molecule has 1 aromatic rings. The topological polar surface area (TPSA) is 96.6 Å². The lowest BCUT2D eigenvalue weighted by atomic mass is 9.96. The molecule has 4 N–H and O–H groups in total. The quantitative estimate of drug-likeness (QED) is 0.285. The van der Waals surface area contributed by atoms with Crippen molar-refractivity contribution in [2.75, 3.05) is 25.4 Å². The molecule has 0 aliphatic heterocycles. The third kappa shape index (κ3) is 6.85. The second-order valence-electron chi connectivity index (χ2n) is 5.78. The van der Waals surface area contributed by atoms with Gasteiger partial charge in [0.1, 0.15) is 0 Å². The van der Waals surface area contributed by atoms with Crippen LogP contribution in [0, 0.1) is 0 Å². The molecular weight excluding hydrogens is 507 g/mol. The molecular formula is C15H24BrIN4O2S. The van der Waals surface area contributed by atoms with Gasteiger partial charge in [0.05, 0.1) is 12.3 Å². The van der Waals surface area contributed by atoms with Gasteiger partial charge in [-0.15, -0.1) is 24.0 Å². The fraction of sp³-hybridized carbons (Fsp3) is 0.533. The van der Waals surface area contributed by atoms with Crippen molar-refractivity contribution in [2.24, 2.45) is 10.1 Å². The number of benzene rings is 1. The van der Waals surface area contributed by atoms with Gasteiger partial charge in [-0.2, -0.15) is 0 Å². The van der Waals surface area contributed by atoms with E-state index in [0.717, 1.165) is 17.3 Å². The van der Waals surface area contributed by atoms with Crippen LogP contribution in [0.5, 0.6) is 0 Å². The lowest BCUT2D eigenvalue weighted by Gasteiger charge is -2.16. The van der Waals surface area contributed by atoms with Gasteiger partial charge in [0.2, 0.25) is 10.0 Å². The normalized spacial score (nSPS) is 16.2. The number of guanidine groups is 1.